The maximum Gasteiger partial charge on any atom is 0.329 e. The molecule has 0 saturated heterocycles. The number of carboxylic acid groups (broad SMARTS) is 1. The summed E-state index contributed by atoms with van der Waals surface area (Å²) in [7, 11) is 0. The van der Waals surface area contributed by atoms with Gasteiger partial charge in [0.2, 0.25) is 5.91 Å². The number of amides is 1. The predicted octanol–water partition coefficient (Wildman–Crippen LogP) is 1.76. The van der Waals surface area contributed by atoms with Gasteiger partial charge in [-0.2, -0.15) is 0 Å². The van der Waals surface area contributed by atoms with Crippen LogP contribution in [0, 0.1) is 11.8 Å². The molecule has 0 radical (unpaired) electrons. The van der Waals surface area contributed by atoms with Crippen LogP contribution in [0.15, 0.2) is 0 Å². The molecule has 0 saturated carbocycles. The van der Waals surface area contributed by atoms with E-state index in [1.54, 1.807) is 13.8 Å². The number of hydrogen-bond donors (Lipinski definition) is 3. The van der Waals surface area contributed by atoms with Crippen molar-refractivity contribution in [2.75, 3.05) is 6.54 Å². The van der Waals surface area contributed by atoms with Gasteiger partial charge >= 0.3 is 5.97 Å². The summed E-state index contributed by atoms with van der Waals surface area (Å²) in [5, 5.41) is 11.9. The fraction of sp³-hybridized carbons (Fsp3) is 0.857. The van der Waals surface area contributed by atoms with Gasteiger partial charge in [0, 0.05) is 6.42 Å². The van der Waals surface area contributed by atoms with Gasteiger partial charge in [-0.05, 0) is 37.6 Å². The van der Waals surface area contributed by atoms with E-state index in [1.807, 2.05) is 0 Å². The Kier molecular flexibility index (Phi) is 7.68. The Bertz CT molecular complexity index is 299. The summed E-state index contributed by atoms with van der Waals surface area (Å²) >= 11 is 0. The largest absolute Gasteiger partial charge is 0.480 e. The molecule has 0 bridgehead atoms. The first-order valence-corrected chi connectivity index (χ1v) is 7.05. The van der Waals surface area contributed by atoms with E-state index < -0.39 is 11.5 Å². The van der Waals surface area contributed by atoms with Crippen molar-refractivity contribution in [2.45, 2.75) is 58.9 Å². The van der Waals surface area contributed by atoms with Gasteiger partial charge in [0.25, 0.3) is 0 Å². The molecule has 0 aliphatic heterocycles. The lowest BCUT2D eigenvalue weighted by Gasteiger charge is -2.29. The molecule has 1 amide bonds. The zero-order valence-corrected chi connectivity index (χ0v) is 12.5. The quantitative estimate of drug-likeness (QED) is 0.596. The molecule has 5 heteroatoms. The van der Waals surface area contributed by atoms with E-state index in [0.29, 0.717) is 31.7 Å². The lowest BCUT2D eigenvalue weighted by atomic mass is 9.90. The third-order valence-corrected chi connectivity index (χ3v) is 3.61. The minimum atomic E-state index is -1.14. The van der Waals surface area contributed by atoms with Crippen molar-refractivity contribution in [3.63, 3.8) is 0 Å². The topological polar surface area (TPSA) is 92.4 Å². The van der Waals surface area contributed by atoms with Crippen molar-refractivity contribution in [3.05, 3.63) is 0 Å². The normalized spacial score (nSPS) is 13.4. The zero-order chi connectivity index (χ0) is 15.1. The van der Waals surface area contributed by atoms with Crippen LogP contribution in [-0.4, -0.2) is 29.1 Å². The van der Waals surface area contributed by atoms with Gasteiger partial charge in [-0.3, -0.25) is 4.79 Å². The highest BCUT2D eigenvalue weighted by molar-refractivity contribution is 5.87. The van der Waals surface area contributed by atoms with Gasteiger partial charge in [-0.1, -0.05) is 27.7 Å². The average Bonchev–Trinajstić information content (AvgIpc) is 2.34. The van der Waals surface area contributed by atoms with Crippen molar-refractivity contribution in [1.29, 1.82) is 0 Å². The maximum atomic E-state index is 12.0. The van der Waals surface area contributed by atoms with Crippen molar-refractivity contribution in [2.24, 2.45) is 17.6 Å². The van der Waals surface area contributed by atoms with Crippen LogP contribution in [0.25, 0.3) is 0 Å². The summed E-state index contributed by atoms with van der Waals surface area (Å²) in [5.41, 5.74) is 4.52. The van der Waals surface area contributed by atoms with Gasteiger partial charge in [0.1, 0.15) is 5.54 Å². The summed E-state index contributed by atoms with van der Waals surface area (Å²) in [6.07, 6.45) is 1.93. The molecule has 0 aromatic carbocycles. The number of nitrogens with one attached hydrogen (secondary N) is 1. The van der Waals surface area contributed by atoms with Gasteiger partial charge in [0.05, 0.1) is 0 Å². The van der Waals surface area contributed by atoms with E-state index in [0.717, 1.165) is 6.42 Å². The second kappa shape index (κ2) is 8.15. The second-order valence-corrected chi connectivity index (χ2v) is 5.58. The SMILES string of the molecule is CCC(CC)(NC(=O)C[C@@H](CN)CC(C)C)C(=O)O. The van der Waals surface area contributed by atoms with Crippen LogP contribution in [0.4, 0.5) is 0 Å². The molecule has 0 heterocycles. The lowest BCUT2D eigenvalue weighted by molar-refractivity contribution is -0.148. The molecule has 5 nitrogen and oxygen atoms in total. The van der Waals surface area contributed by atoms with Crippen LogP contribution in [0.1, 0.15) is 53.4 Å². The Labute approximate surface area is 115 Å². The third-order valence-electron chi connectivity index (χ3n) is 3.61. The van der Waals surface area contributed by atoms with Crippen molar-refractivity contribution >= 4 is 11.9 Å². The predicted molar refractivity (Wildman–Crippen MR) is 75.7 cm³/mol. The molecule has 0 aliphatic rings. The Balaban J connectivity index is 4.61. The molecular formula is C14H28N2O3. The minimum Gasteiger partial charge on any atom is -0.480 e. The Morgan fingerprint density at radius 2 is 1.79 bits per heavy atom. The first kappa shape index (κ1) is 17.9. The number of hydrogen-bond acceptors (Lipinski definition) is 3. The molecular weight excluding hydrogens is 244 g/mol. The molecule has 19 heavy (non-hydrogen) atoms. The van der Waals surface area contributed by atoms with Crippen molar-refractivity contribution < 1.29 is 14.7 Å². The summed E-state index contributed by atoms with van der Waals surface area (Å²) < 4.78 is 0. The van der Waals surface area contributed by atoms with E-state index in [4.69, 9.17) is 5.73 Å². The Morgan fingerprint density at radius 1 is 1.26 bits per heavy atom. The summed E-state index contributed by atoms with van der Waals surface area (Å²) in [5.74, 6) is -0.607. The molecule has 0 aliphatic carbocycles. The highest BCUT2D eigenvalue weighted by Crippen LogP contribution is 2.18. The molecule has 4 N–H and O–H groups in total. The van der Waals surface area contributed by atoms with Crippen molar-refractivity contribution in [1.82, 2.24) is 5.32 Å². The van der Waals surface area contributed by atoms with Crippen LogP contribution >= 0.6 is 0 Å². The highest BCUT2D eigenvalue weighted by atomic mass is 16.4. The Hall–Kier alpha value is -1.10. The van der Waals surface area contributed by atoms with Gasteiger partial charge in [-0.15, -0.1) is 0 Å². The van der Waals surface area contributed by atoms with Gasteiger partial charge < -0.3 is 16.2 Å². The second-order valence-electron chi connectivity index (χ2n) is 5.58. The number of aliphatic carboxylic acids is 1. The van der Waals surface area contributed by atoms with E-state index in [2.05, 4.69) is 19.2 Å². The van der Waals surface area contributed by atoms with E-state index in [9.17, 15) is 14.7 Å². The lowest BCUT2D eigenvalue weighted by Crippen LogP contribution is -2.54. The highest BCUT2D eigenvalue weighted by Gasteiger charge is 2.36. The van der Waals surface area contributed by atoms with E-state index >= 15 is 0 Å². The van der Waals surface area contributed by atoms with Gasteiger partial charge in [0.15, 0.2) is 0 Å². The number of carbonyl (C=O) groups excluding carboxylic acids is 1. The first-order chi connectivity index (χ1) is 8.81. The standard InChI is InChI=1S/C14H28N2O3/c1-5-14(6-2,13(18)19)16-12(17)8-11(9-15)7-10(3)4/h10-11H,5-9,15H2,1-4H3,(H,16,17)(H,18,19)/t11-/m0/s1. The molecule has 0 unspecified atom stereocenters. The maximum absolute atomic E-state index is 12.0. The Morgan fingerprint density at radius 3 is 2.11 bits per heavy atom. The van der Waals surface area contributed by atoms with E-state index in [1.165, 1.54) is 0 Å². The van der Waals surface area contributed by atoms with Crippen LogP contribution in [0.5, 0.6) is 0 Å². The van der Waals surface area contributed by atoms with E-state index in [-0.39, 0.29) is 11.8 Å². The summed E-state index contributed by atoms with van der Waals surface area (Å²) in [6.45, 7) is 8.16. The number of nitrogens with two attached hydrogens (primary N) is 1. The average molecular weight is 272 g/mol. The molecule has 0 spiro atoms. The molecule has 112 valence electrons. The van der Waals surface area contributed by atoms with Crippen LogP contribution < -0.4 is 11.1 Å². The first-order valence-electron chi connectivity index (χ1n) is 7.05. The van der Waals surface area contributed by atoms with Crippen LogP contribution in [0.2, 0.25) is 0 Å². The third kappa shape index (κ3) is 5.59. The monoisotopic (exact) mass is 272 g/mol. The molecule has 0 rings (SSSR count). The molecule has 0 aromatic rings. The summed E-state index contributed by atoms with van der Waals surface area (Å²) in [6, 6.07) is 0. The number of rotatable bonds is 9. The molecule has 1 atom stereocenters. The fourth-order valence-corrected chi connectivity index (χ4v) is 2.29. The number of carbonyl (C=O) groups is 2. The minimum absolute atomic E-state index is 0.111. The molecule has 0 aromatic heterocycles. The van der Waals surface area contributed by atoms with Gasteiger partial charge in [-0.25, -0.2) is 4.79 Å². The van der Waals surface area contributed by atoms with Crippen molar-refractivity contribution in [3.8, 4) is 0 Å². The number of carboxylic acids is 1. The van der Waals surface area contributed by atoms with Crippen LogP contribution in [-0.2, 0) is 9.59 Å². The zero-order valence-electron chi connectivity index (χ0n) is 12.5. The molecule has 0 fully saturated rings. The smallest absolute Gasteiger partial charge is 0.329 e. The van der Waals surface area contributed by atoms with Crippen LogP contribution in [0.3, 0.4) is 0 Å². The summed E-state index contributed by atoms with van der Waals surface area (Å²) in [4.78, 5) is 23.3. The fourth-order valence-electron chi connectivity index (χ4n) is 2.29.